The third-order valence-electron chi connectivity index (χ3n) is 3.05. The Morgan fingerprint density at radius 2 is 1.91 bits per heavy atom. The number of rotatable bonds is 5. The second-order valence-electron chi connectivity index (χ2n) is 4.65. The summed E-state index contributed by atoms with van der Waals surface area (Å²) in [6, 6.07) is 13.7. The van der Waals surface area contributed by atoms with Crippen molar-refractivity contribution in [1.29, 1.82) is 0 Å². The van der Waals surface area contributed by atoms with Crippen LogP contribution in [0.4, 0.5) is 0 Å². The average Bonchev–Trinajstić information content (AvgIpc) is 3.33. The number of thiophene rings is 1. The van der Waals surface area contributed by atoms with Gasteiger partial charge in [-0.3, -0.25) is 0 Å². The molecule has 0 atom stereocenters. The summed E-state index contributed by atoms with van der Waals surface area (Å²) in [5, 5.41) is 10.6. The Morgan fingerprint density at radius 3 is 2.74 bits per heavy atom. The van der Waals surface area contributed by atoms with Crippen LogP contribution in [0.3, 0.4) is 0 Å². The van der Waals surface area contributed by atoms with Crippen LogP contribution in [0.1, 0.15) is 5.69 Å². The molecule has 114 valence electrons. The van der Waals surface area contributed by atoms with Gasteiger partial charge in [0.2, 0.25) is 11.8 Å². The summed E-state index contributed by atoms with van der Waals surface area (Å²) >= 11 is 3.04. The molecule has 0 aliphatic heterocycles. The maximum absolute atomic E-state index is 5.65. The van der Waals surface area contributed by atoms with Gasteiger partial charge >= 0.3 is 0 Å². The van der Waals surface area contributed by atoms with Gasteiger partial charge in [-0.2, -0.15) is 0 Å². The molecule has 0 unspecified atom stereocenters. The summed E-state index contributed by atoms with van der Waals surface area (Å²) in [4.78, 5) is 5.48. The molecule has 0 fully saturated rings. The van der Waals surface area contributed by atoms with Gasteiger partial charge in [-0.15, -0.1) is 21.5 Å². The van der Waals surface area contributed by atoms with E-state index < -0.39 is 0 Å². The Morgan fingerprint density at radius 1 is 1.00 bits per heavy atom. The SMILES string of the molecule is c1ccc(-c2nnc(SCc3coc(-c4cccs4)n3)o2)cc1. The molecule has 0 N–H and O–H groups in total. The highest BCUT2D eigenvalue weighted by atomic mass is 32.2. The van der Waals surface area contributed by atoms with Gasteiger partial charge in [-0.1, -0.05) is 36.0 Å². The first-order valence-electron chi connectivity index (χ1n) is 6.88. The number of hydrogen-bond donors (Lipinski definition) is 0. The Bertz CT molecular complexity index is 885. The molecule has 1 aromatic carbocycles. The highest BCUT2D eigenvalue weighted by Gasteiger charge is 2.11. The highest BCUT2D eigenvalue weighted by molar-refractivity contribution is 7.98. The van der Waals surface area contributed by atoms with Crippen molar-refractivity contribution in [2.45, 2.75) is 11.0 Å². The number of hydrogen-bond acceptors (Lipinski definition) is 7. The second kappa shape index (κ2) is 6.39. The molecule has 0 radical (unpaired) electrons. The van der Waals surface area contributed by atoms with Crippen LogP contribution >= 0.6 is 23.1 Å². The van der Waals surface area contributed by atoms with Crippen molar-refractivity contribution in [2.75, 3.05) is 0 Å². The lowest BCUT2D eigenvalue weighted by Crippen LogP contribution is -1.81. The number of nitrogens with zero attached hydrogens (tertiary/aromatic N) is 3. The summed E-state index contributed by atoms with van der Waals surface area (Å²) in [5.74, 6) is 1.78. The molecule has 0 saturated heterocycles. The van der Waals surface area contributed by atoms with E-state index in [1.54, 1.807) is 17.6 Å². The predicted molar refractivity (Wildman–Crippen MR) is 89.1 cm³/mol. The van der Waals surface area contributed by atoms with E-state index in [-0.39, 0.29) is 0 Å². The minimum absolute atomic E-state index is 0.518. The van der Waals surface area contributed by atoms with Crippen LogP contribution in [0.15, 0.2) is 68.2 Å². The van der Waals surface area contributed by atoms with Crippen LogP contribution in [-0.2, 0) is 5.75 Å². The van der Waals surface area contributed by atoms with Crippen molar-refractivity contribution in [3.8, 4) is 22.2 Å². The largest absolute Gasteiger partial charge is 0.444 e. The van der Waals surface area contributed by atoms with Crippen LogP contribution in [-0.4, -0.2) is 15.2 Å². The zero-order chi connectivity index (χ0) is 15.5. The van der Waals surface area contributed by atoms with E-state index in [0.717, 1.165) is 16.1 Å². The van der Waals surface area contributed by atoms with Crippen molar-refractivity contribution in [2.24, 2.45) is 0 Å². The van der Waals surface area contributed by atoms with E-state index in [1.165, 1.54) is 11.8 Å². The molecular weight excluding hydrogens is 330 g/mol. The first-order valence-corrected chi connectivity index (χ1v) is 8.75. The van der Waals surface area contributed by atoms with E-state index in [2.05, 4.69) is 15.2 Å². The fourth-order valence-electron chi connectivity index (χ4n) is 1.99. The fraction of sp³-hybridized carbons (Fsp3) is 0.0625. The molecule has 4 rings (SSSR count). The summed E-state index contributed by atoms with van der Waals surface area (Å²) in [5.41, 5.74) is 1.76. The van der Waals surface area contributed by atoms with E-state index in [9.17, 15) is 0 Å². The fourth-order valence-corrected chi connectivity index (χ4v) is 3.28. The first-order chi connectivity index (χ1) is 11.4. The van der Waals surface area contributed by atoms with Gasteiger partial charge in [0.15, 0.2) is 0 Å². The zero-order valence-electron chi connectivity index (χ0n) is 11.9. The second-order valence-corrected chi connectivity index (χ2v) is 6.52. The number of benzene rings is 1. The van der Waals surface area contributed by atoms with Crippen LogP contribution in [0.2, 0.25) is 0 Å². The molecule has 4 aromatic rings. The quantitative estimate of drug-likeness (QED) is 0.488. The summed E-state index contributed by atoms with van der Waals surface area (Å²) in [6.07, 6.45) is 1.66. The molecule has 0 aliphatic carbocycles. The lowest BCUT2D eigenvalue weighted by Gasteiger charge is -1.93. The molecule has 0 saturated carbocycles. The highest BCUT2D eigenvalue weighted by Crippen LogP contribution is 2.28. The maximum Gasteiger partial charge on any atom is 0.277 e. The van der Waals surface area contributed by atoms with Gasteiger partial charge in [-0.05, 0) is 23.6 Å². The third-order valence-corrected chi connectivity index (χ3v) is 4.76. The maximum atomic E-state index is 5.65. The van der Waals surface area contributed by atoms with E-state index in [0.29, 0.717) is 22.8 Å². The van der Waals surface area contributed by atoms with Crippen molar-refractivity contribution in [3.05, 3.63) is 59.8 Å². The van der Waals surface area contributed by atoms with Gasteiger partial charge in [0.05, 0.1) is 10.6 Å². The molecular formula is C16H11N3O2S2. The normalized spacial score (nSPS) is 11.0. The van der Waals surface area contributed by atoms with Gasteiger partial charge in [0.1, 0.15) is 6.26 Å². The third kappa shape index (κ3) is 3.20. The van der Waals surface area contributed by atoms with Crippen molar-refractivity contribution >= 4 is 23.1 Å². The molecule has 7 heteroatoms. The molecule has 0 aliphatic rings. The molecule has 0 spiro atoms. The molecule has 0 amide bonds. The van der Waals surface area contributed by atoms with Crippen molar-refractivity contribution in [1.82, 2.24) is 15.2 Å². The summed E-state index contributed by atoms with van der Waals surface area (Å²) < 4.78 is 11.1. The van der Waals surface area contributed by atoms with Crippen molar-refractivity contribution in [3.63, 3.8) is 0 Å². The monoisotopic (exact) mass is 341 g/mol. The lowest BCUT2D eigenvalue weighted by molar-refractivity contribution is 0.466. The van der Waals surface area contributed by atoms with Gasteiger partial charge in [-0.25, -0.2) is 4.98 Å². The first kappa shape index (κ1) is 14.2. The standard InChI is InChI=1S/C16H11N3O2S2/c1-2-5-11(6-3-1)14-18-19-16(21-14)23-10-12-9-20-15(17-12)13-7-4-8-22-13/h1-9H,10H2. The average molecular weight is 341 g/mol. The molecule has 0 bridgehead atoms. The van der Waals surface area contributed by atoms with E-state index in [4.69, 9.17) is 8.83 Å². The molecule has 23 heavy (non-hydrogen) atoms. The number of oxazole rings is 1. The van der Waals surface area contributed by atoms with E-state index >= 15 is 0 Å². The molecule has 3 heterocycles. The summed E-state index contributed by atoms with van der Waals surface area (Å²) in [7, 11) is 0. The topological polar surface area (TPSA) is 65.0 Å². The van der Waals surface area contributed by atoms with Gasteiger partial charge < -0.3 is 8.83 Å². The smallest absolute Gasteiger partial charge is 0.277 e. The van der Waals surface area contributed by atoms with Gasteiger partial charge in [0, 0.05) is 11.3 Å². The van der Waals surface area contributed by atoms with Crippen LogP contribution < -0.4 is 0 Å². The Hall–Kier alpha value is -2.38. The predicted octanol–water partition coefficient (Wildman–Crippen LogP) is 4.75. The number of thioether (sulfide) groups is 1. The van der Waals surface area contributed by atoms with Crippen LogP contribution in [0, 0.1) is 0 Å². The minimum Gasteiger partial charge on any atom is -0.444 e. The van der Waals surface area contributed by atoms with Crippen molar-refractivity contribution < 1.29 is 8.83 Å². The minimum atomic E-state index is 0.518. The Balaban J connectivity index is 1.43. The molecule has 3 aromatic heterocycles. The Labute approximate surface area is 140 Å². The lowest BCUT2D eigenvalue weighted by atomic mass is 10.2. The summed E-state index contributed by atoms with van der Waals surface area (Å²) in [6.45, 7) is 0. The molecule has 5 nitrogen and oxygen atoms in total. The van der Waals surface area contributed by atoms with Crippen LogP contribution in [0.25, 0.3) is 22.2 Å². The Kier molecular flexibility index (Phi) is 3.95. The van der Waals surface area contributed by atoms with Crippen LogP contribution in [0.5, 0.6) is 0 Å². The zero-order valence-corrected chi connectivity index (χ0v) is 13.5. The van der Waals surface area contributed by atoms with Gasteiger partial charge in [0.25, 0.3) is 5.22 Å². The number of aromatic nitrogens is 3. The van der Waals surface area contributed by atoms with E-state index in [1.807, 2.05) is 47.8 Å².